The summed E-state index contributed by atoms with van der Waals surface area (Å²) < 4.78 is 0. The fraction of sp³-hybridized carbons (Fsp3) is 0. The largest absolute Gasteiger partial charge is 0.507 e. The van der Waals surface area contributed by atoms with Crippen LogP contribution < -0.4 is 0 Å². The summed E-state index contributed by atoms with van der Waals surface area (Å²) >= 11 is 0. The number of phenols is 1. The highest BCUT2D eigenvalue weighted by molar-refractivity contribution is 5.68. The fourth-order valence-electron chi connectivity index (χ4n) is 1.78. The highest BCUT2D eigenvalue weighted by Crippen LogP contribution is 2.25. The highest BCUT2D eigenvalue weighted by Gasteiger charge is 2.08. The zero-order valence-corrected chi connectivity index (χ0v) is 10.6. The number of pyridine rings is 1. The molecule has 3 aromatic rings. The predicted molar refractivity (Wildman–Crippen MR) is 76.6 cm³/mol. The molecule has 0 aliphatic rings. The van der Waals surface area contributed by atoms with Crippen LogP contribution in [0.3, 0.4) is 0 Å². The summed E-state index contributed by atoms with van der Waals surface area (Å²) in [5.74, 6) is 1.26. The minimum Gasteiger partial charge on any atom is -0.507 e. The van der Waals surface area contributed by atoms with E-state index < -0.39 is 0 Å². The number of phenolic OH excluding ortho intramolecular Hbond substituents is 1. The quantitative estimate of drug-likeness (QED) is 0.762. The number of hydrogen-bond acceptors (Lipinski definition) is 4. The predicted octanol–water partition coefficient (Wildman–Crippen LogP) is 2.74. The van der Waals surface area contributed by atoms with Crippen molar-refractivity contribution in [1.82, 2.24) is 20.2 Å². The third-order valence-corrected chi connectivity index (χ3v) is 2.79. The standard InChI is InChI=1S/C15H12N4O/c20-13-4-2-1-3-12(13)15-17-14(18-19-15)6-5-11-7-9-16-10-8-11/h1-10,20H,(H,17,18,19)/b6-5+. The molecule has 0 amide bonds. The summed E-state index contributed by atoms with van der Waals surface area (Å²) in [7, 11) is 0. The first kappa shape index (κ1) is 12.1. The lowest BCUT2D eigenvalue weighted by molar-refractivity contribution is 0.477. The number of para-hydroxylation sites is 1. The second kappa shape index (κ2) is 5.36. The summed E-state index contributed by atoms with van der Waals surface area (Å²) in [4.78, 5) is 8.28. The monoisotopic (exact) mass is 264 g/mol. The molecule has 2 N–H and O–H groups in total. The van der Waals surface area contributed by atoms with Gasteiger partial charge in [0.25, 0.3) is 0 Å². The van der Waals surface area contributed by atoms with Gasteiger partial charge in [0.05, 0.1) is 5.56 Å². The van der Waals surface area contributed by atoms with Crippen LogP contribution in [-0.2, 0) is 0 Å². The molecule has 0 fully saturated rings. The van der Waals surface area contributed by atoms with Crippen molar-refractivity contribution < 1.29 is 5.11 Å². The topological polar surface area (TPSA) is 74.7 Å². The number of rotatable bonds is 3. The van der Waals surface area contributed by atoms with Crippen molar-refractivity contribution in [2.75, 3.05) is 0 Å². The molecule has 0 radical (unpaired) electrons. The lowest BCUT2D eigenvalue weighted by Crippen LogP contribution is -1.81. The van der Waals surface area contributed by atoms with Crippen LogP contribution in [0.1, 0.15) is 11.4 Å². The van der Waals surface area contributed by atoms with Gasteiger partial charge < -0.3 is 5.11 Å². The molecule has 0 bridgehead atoms. The molecule has 3 rings (SSSR count). The van der Waals surface area contributed by atoms with E-state index in [0.29, 0.717) is 17.2 Å². The van der Waals surface area contributed by atoms with Crippen molar-refractivity contribution in [3.63, 3.8) is 0 Å². The van der Waals surface area contributed by atoms with Crippen LogP contribution in [0.5, 0.6) is 5.75 Å². The van der Waals surface area contributed by atoms with Gasteiger partial charge in [-0.2, -0.15) is 5.10 Å². The van der Waals surface area contributed by atoms with Gasteiger partial charge in [0, 0.05) is 12.4 Å². The molecular formula is C15H12N4O. The fourth-order valence-corrected chi connectivity index (χ4v) is 1.78. The van der Waals surface area contributed by atoms with Crippen LogP contribution in [0.4, 0.5) is 0 Å². The Morgan fingerprint density at radius 1 is 1.00 bits per heavy atom. The normalized spacial score (nSPS) is 11.0. The first-order valence-corrected chi connectivity index (χ1v) is 6.12. The van der Waals surface area contributed by atoms with Crippen molar-refractivity contribution >= 4 is 12.2 Å². The van der Waals surface area contributed by atoms with Crippen LogP contribution in [0.25, 0.3) is 23.5 Å². The van der Waals surface area contributed by atoms with E-state index in [4.69, 9.17) is 0 Å². The zero-order valence-electron chi connectivity index (χ0n) is 10.6. The number of aromatic amines is 1. The smallest absolute Gasteiger partial charge is 0.185 e. The molecule has 2 heterocycles. The van der Waals surface area contributed by atoms with E-state index >= 15 is 0 Å². The summed E-state index contributed by atoms with van der Waals surface area (Å²) in [5.41, 5.74) is 1.63. The highest BCUT2D eigenvalue weighted by atomic mass is 16.3. The second-order valence-corrected chi connectivity index (χ2v) is 4.18. The minimum absolute atomic E-state index is 0.163. The molecule has 5 heteroatoms. The van der Waals surface area contributed by atoms with Crippen molar-refractivity contribution in [3.05, 3.63) is 60.2 Å². The first-order chi connectivity index (χ1) is 9.83. The van der Waals surface area contributed by atoms with Gasteiger partial charge in [0.2, 0.25) is 0 Å². The van der Waals surface area contributed by atoms with Crippen molar-refractivity contribution in [2.45, 2.75) is 0 Å². The number of nitrogens with one attached hydrogen (secondary N) is 1. The molecule has 20 heavy (non-hydrogen) atoms. The molecule has 0 saturated carbocycles. The van der Waals surface area contributed by atoms with Crippen molar-refractivity contribution in [1.29, 1.82) is 0 Å². The van der Waals surface area contributed by atoms with E-state index in [1.807, 2.05) is 30.4 Å². The Morgan fingerprint density at radius 2 is 1.80 bits per heavy atom. The van der Waals surface area contributed by atoms with Crippen LogP contribution in [0, 0.1) is 0 Å². The molecule has 0 aliphatic carbocycles. The Kier molecular flexibility index (Phi) is 3.24. The maximum Gasteiger partial charge on any atom is 0.185 e. The van der Waals surface area contributed by atoms with Crippen molar-refractivity contribution in [3.8, 4) is 17.1 Å². The van der Waals surface area contributed by atoms with Gasteiger partial charge in [-0.05, 0) is 35.9 Å². The molecule has 0 atom stereocenters. The van der Waals surface area contributed by atoms with E-state index in [-0.39, 0.29) is 5.75 Å². The molecule has 0 aliphatic heterocycles. The molecule has 0 unspecified atom stereocenters. The average molecular weight is 264 g/mol. The lowest BCUT2D eigenvalue weighted by atomic mass is 10.2. The Labute approximate surface area is 115 Å². The molecular weight excluding hydrogens is 252 g/mol. The Bertz CT molecular complexity index is 734. The van der Waals surface area contributed by atoms with Crippen LogP contribution in [-0.4, -0.2) is 25.3 Å². The number of benzene rings is 1. The number of nitrogens with zero attached hydrogens (tertiary/aromatic N) is 3. The van der Waals surface area contributed by atoms with Crippen LogP contribution >= 0.6 is 0 Å². The number of aromatic nitrogens is 4. The summed E-state index contributed by atoms with van der Waals surface area (Å²) in [5, 5.41) is 16.7. The Balaban J connectivity index is 1.85. The van der Waals surface area contributed by atoms with Crippen LogP contribution in [0.2, 0.25) is 0 Å². The van der Waals surface area contributed by atoms with Crippen LogP contribution in [0.15, 0.2) is 48.8 Å². The van der Waals surface area contributed by atoms with E-state index in [2.05, 4.69) is 20.2 Å². The molecule has 98 valence electrons. The van der Waals surface area contributed by atoms with E-state index in [1.54, 1.807) is 30.6 Å². The Hall–Kier alpha value is -2.95. The zero-order chi connectivity index (χ0) is 13.8. The molecule has 1 aromatic carbocycles. The third-order valence-electron chi connectivity index (χ3n) is 2.79. The van der Waals surface area contributed by atoms with Crippen molar-refractivity contribution in [2.24, 2.45) is 0 Å². The number of hydrogen-bond donors (Lipinski definition) is 2. The van der Waals surface area contributed by atoms with E-state index in [0.717, 1.165) is 5.56 Å². The molecule has 5 nitrogen and oxygen atoms in total. The van der Waals surface area contributed by atoms with Gasteiger partial charge in [-0.15, -0.1) is 0 Å². The van der Waals surface area contributed by atoms with Gasteiger partial charge in [0.1, 0.15) is 11.6 Å². The first-order valence-electron chi connectivity index (χ1n) is 6.12. The maximum atomic E-state index is 9.76. The molecule has 0 spiro atoms. The average Bonchev–Trinajstić information content (AvgIpc) is 2.95. The summed E-state index contributed by atoms with van der Waals surface area (Å²) in [6.45, 7) is 0. The van der Waals surface area contributed by atoms with Gasteiger partial charge in [-0.3, -0.25) is 10.1 Å². The van der Waals surface area contributed by atoms with E-state index in [1.165, 1.54) is 0 Å². The van der Waals surface area contributed by atoms with E-state index in [9.17, 15) is 5.11 Å². The van der Waals surface area contributed by atoms with Gasteiger partial charge in [-0.1, -0.05) is 18.2 Å². The van der Waals surface area contributed by atoms with Gasteiger partial charge in [0.15, 0.2) is 5.82 Å². The summed E-state index contributed by atoms with van der Waals surface area (Å²) in [6, 6.07) is 10.8. The maximum absolute atomic E-state index is 9.76. The minimum atomic E-state index is 0.163. The lowest BCUT2D eigenvalue weighted by Gasteiger charge is -1.97. The number of aromatic hydroxyl groups is 1. The summed E-state index contributed by atoms with van der Waals surface area (Å²) in [6.07, 6.45) is 7.20. The SMILES string of the molecule is Oc1ccccc1-c1n[nH]c(/C=C/c2ccncc2)n1. The second-order valence-electron chi connectivity index (χ2n) is 4.18. The molecule has 0 saturated heterocycles. The van der Waals surface area contributed by atoms with Gasteiger partial charge >= 0.3 is 0 Å². The number of H-pyrrole nitrogens is 1. The third kappa shape index (κ3) is 2.56. The Morgan fingerprint density at radius 3 is 2.60 bits per heavy atom. The van der Waals surface area contributed by atoms with Gasteiger partial charge in [-0.25, -0.2) is 4.98 Å². The molecule has 2 aromatic heterocycles.